The highest BCUT2D eigenvalue weighted by molar-refractivity contribution is 6.30. The number of imidazole rings is 1. The number of para-hydroxylation sites is 2. The lowest BCUT2D eigenvalue weighted by molar-refractivity contribution is 0.249. The second-order valence-electron chi connectivity index (χ2n) is 9.73. The highest BCUT2D eigenvalue weighted by atomic mass is 35.5. The summed E-state index contributed by atoms with van der Waals surface area (Å²) in [6.45, 7) is 6.80. The molecule has 1 aliphatic rings. The van der Waals surface area contributed by atoms with Crippen molar-refractivity contribution in [2.75, 3.05) is 31.1 Å². The van der Waals surface area contributed by atoms with E-state index in [9.17, 15) is 5.26 Å². The molecule has 0 atom stereocenters. The van der Waals surface area contributed by atoms with Crippen molar-refractivity contribution in [2.45, 2.75) is 19.9 Å². The van der Waals surface area contributed by atoms with Crippen LogP contribution in [0.2, 0.25) is 5.02 Å². The predicted molar refractivity (Wildman–Crippen MR) is 150 cm³/mol. The summed E-state index contributed by atoms with van der Waals surface area (Å²) in [6, 6.07) is 29.3. The molecule has 0 aliphatic carbocycles. The van der Waals surface area contributed by atoms with Gasteiger partial charge in [-0.2, -0.15) is 5.26 Å². The molecule has 0 bridgehead atoms. The molecule has 5 nitrogen and oxygen atoms in total. The summed E-state index contributed by atoms with van der Waals surface area (Å²) in [4.78, 5) is 9.93. The number of piperazine rings is 1. The minimum absolute atomic E-state index is 0.645. The Balaban J connectivity index is 1.46. The molecule has 0 radical (unpaired) electrons. The van der Waals surface area contributed by atoms with Gasteiger partial charge in [0.2, 0.25) is 0 Å². The van der Waals surface area contributed by atoms with Crippen LogP contribution in [0.4, 0.5) is 5.82 Å². The molecule has 3 heterocycles. The number of anilines is 1. The Morgan fingerprint density at radius 2 is 1.57 bits per heavy atom. The average molecular weight is 506 g/mol. The summed E-state index contributed by atoms with van der Waals surface area (Å²) in [7, 11) is 0. The van der Waals surface area contributed by atoms with Gasteiger partial charge in [-0.1, -0.05) is 66.2 Å². The maximum Gasteiger partial charge on any atom is 0.157 e. The van der Waals surface area contributed by atoms with Crippen LogP contribution < -0.4 is 4.90 Å². The van der Waals surface area contributed by atoms with Crippen LogP contribution in [-0.2, 0) is 13.0 Å². The Morgan fingerprint density at radius 1 is 0.865 bits per heavy atom. The third-order valence-electron chi connectivity index (χ3n) is 7.42. The Hall–Kier alpha value is -3.85. The van der Waals surface area contributed by atoms with Gasteiger partial charge in [-0.3, -0.25) is 9.30 Å². The van der Waals surface area contributed by atoms with Crippen LogP contribution in [0.1, 0.15) is 27.8 Å². The summed E-state index contributed by atoms with van der Waals surface area (Å²) in [5.74, 6) is 1.15. The van der Waals surface area contributed by atoms with Gasteiger partial charge in [0.25, 0.3) is 0 Å². The highest BCUT2D eigenvalue weighted by Gasteiger charge is 2.27. The molecule has 6 heteroatoms. The minimum atomic E-state index is 0.645. The van der Waals surface area contributed by atoms with E-state index in [-0.39, 0.29) is 0 Å². The largest absolute Gasteiger partial charge is 0.355 e. The fourth-order valence-electron chi connectivity index (χ4n) is 5.47. The van der Waals surface area contributed by atoms with Gasteiger partial charge < -0.3 is 4.90 Å². The van der Waals surface area contributed by atoms with Gasteiger partial charge in [0.05, 0.1) is 16.6 Å². The van der Waals surface area contributed by atoms with E-state index in [0.29, 0.717) is 5.56 Å². The van der Waals surface area contributed by atoms with Gasteiger partial charge in [0, 0.05) is 49.7 Å². The number of halogens is 1. The van der Waals surface area contributed by atoms with Crippen LogP contribution in [0, 0.1) is 18.3 Å². The Kier molecular flexibility index (Phi) is 6.30. The van der Waals surface area contributed by atoms with Gasteiger partial charge in [0.1, 0.15) is 11.9 Å². The van der Waals surface area contributed by atoms with Crippen molar-refractivity contribution in [3.05, 3.63) is 112 Å². The summed E-state index contributed by atoms with van der Waals surface area (Å²) in [5.41, 5.74) is 8.02. The Bertz CT molecular complexity index is 1610. The zero-order chi connectivity index (χ0) is 25.4. The summed E-state index contributed by atoms with van der Waals surface area (Å²) >= 11 is 6.18. The van der Waals surface area contributed by atoms with Gasteiger partial charge in [-0.05, 0) is 47.9 Å². The van der Waals surface area contributed by atoms with E-state index in [4.69, 9.17) is 16.6 Å². The van der Waals surface area contributed by atoms with Crippen LogP contribution in [-0.4, -0.2) is 40.5 Å². The highest BCUT2D eigenvalue weighted by Crippen LogP contribution is 2.35. The monoisotopic (exact) mass is 505 g/mol. The molecule has 37 heavy (non-hydrogen) atoms. The molecule has 0 unspecified atom stereocenters. The van der Waals surface area contributed by atoms with Crippen molar-refractivity contribution in [1.29, 1.82) is 5.26 Å². The van der Waals surface area contributed by atoms with Gasteiger partial charge >= 0.3 is 0 Å². The van der Waals surface area contributed by atoms with Crippen LogP contribution in [0.25, 0.3) is 16.7 Å². The van der Waals surface area contributed by atoms with Crippen LogP contribution in [0.5, 0.6) is 0 Å². The second kappa shape index (κ2) is 9.89. The fourth-order valence-corrected chi connectivity index (χ4v) is 5.60. The van der Waals surface area contributed by atoms with E-state index in [1.165, 1.54) is 16.7 Å². The second-order valence-corrected chi connectivity index (χ2v) is 10.2. The average Bonchev–Trinajstić information content (AvgIpc) is 3.30. The van der Waals surface area contributed by atoms with Gasteiger partial charge in [-0.25, -0.2) is 4.98 Å². The van der Waals surface area contributed by atoms with Crippen molar-refractivity contribution >= 4 is 34.1 Å². The molecule has 2 aromatic heterocycles. The number of pyridine rings is 1. The molecule has 1 fully saturated rings. The number of nitrogens with zero attached hydrogens (tertiary/aromatic N) is 5. The van der Waals surface area contributed by atoms with E-state index >= 15 is 0 Å². The Morgan fingerprint density at radius 3 is 2.30 bits per heavy atom. The number of fused-ring (bicyclic) bond motifs is 3. The molecular formula is C31H28ClN5. The SMILES string of the molecule is Cc1c(Cc2ccc(Cl)cc2)c(N2CCN(Cc3ccccc3)CC2)n2c(nc3ccccc32)c1C#N. The predicted octanol–water partition coefficient (Wildman–Crippen LogP) is 6.23. The molecule has 1 saturated heterocycles. The third kappa shape index (κ3) is 4.44. The molecule has 0 saturated carbocycles. The topological polar surface area (TPSA) is 47.6 Å². The van der Waals surface area contributed by atoms with Crippen molar-refractivity contribution in [1.82, 2.24) is 14.3 Å². The zero-order valence-electron chi connectivity index (χ0n) is 20.9. The van der Waals surface area contributed by atoms with E-state index in [0.717, 1.165) is 72.2 Å². The van der Waals surface area contributed by atoms with E-state index in [1.54, 1.807) is 0 Å². The van der Waals surface area contributed by atoms with Crippen LogP contribution in [0.3, 0.4) is 0 Å². The first-order valence-corrected chi connectivity index (χ1v) is 13.1. The maximum atomic E-state index is 10.2. The molecule has 1 aliphatic heterocycles. The fraction of sp³-hybridized carbons (Fsp3) is 0.226. The van der Waals surface area contributed by atoms with Gasteiger partial charge in [-0.15, -0.1) is 0 Å². The zero-order valence-corrected chi connectivity index (χ0v) is 21.6. The van der Waals surface area contributed by atoms with E-state index in [2.05, 4.69) is 75.7 Å². The number of nitriles is 1. The summed E-state index contributed by atoms with van der Waals surface area (Å²) < 4.78 is 2.22. The molecule has 0 spiro atoms. The number of rotatable bonds is 5. The molecular weight excluding hydrogens is 478 g/mol. The van der Waals surface area contributed by atoms with Crippen LogP contribution in [0.15, 0.2) is 78.9 Å². The smallest absolute Gasteiger partial charge is 0.157 e. The lowest BCUT2D eigenvalue weighted by atomic mass is 9.97. The first kappa shape index (κ1) is 23.5. The molecule has 5 aromatic rings. The quantitative estimate of drug-likeness (QED) is 0.284. The third-order valence-corrected chi connectivity index (χ3v) is 7.67. The van der Waals surface area contributed by atoms with Gasteiger partial charge in [0.15, 0.2) is 5.65 Å². The lowest BCUT2D eigenvalue weighted by Gasteiger charge is -2.38. The maximum absolute atomic E-state index is 10.2. The molecule has 0 N–H and O–H groups in total. The molecule has 3 aromatic carbocycles. The number of hydrogen-bond donors (Lipinski definition) is 0. The first-order valence-electron chi connectivity index (χ1n) is 12.7. The van der Waals surface area contributed by atoms with E-state index in [1.807, 2.05) is 30.3 Å². The van der Waals surface area contributed by atoms with E-state index < -0.39 is 0 Å². The first-order chi connectivity index (χ1) is 18.1. The summed E-state index contributed by atoms with van der Waals surface area (Å²) in [5, 5.41) is 10.9. The number of aromatic nitrogens is 2. The Labute approximate surface area is 222 Å². The molecule has 6 rings (SSSR count). The normalized spacial score (nSPS) is 14.4. The van der Waals surface area contributed by atoms with Crippen molar-refractivity contribution in [3.8, 4) is 6.07 Å². The lowest BCUT2D eigenvalue weighted by Crippen LogP contribution is -2.47. The van der Waals surface area contributed by atoms with Crippen LogP contribution >= 0.6 is 11.6 Å². The molecule has 184 valence electrons. The summed E-state index contributed by atoms with van der Waals surface area (Å²) in [6.07, 6.45) is 0.722. The van der Waals surface area contributed by atoms with Crippen molar-refractivity contribution in [2.24, 2.45) is 0 Å². The number of hydrogen-bond acceptors (Lipinski definition) is 4. The molecule has 0 amide bonds. The number of benzene rings is 3. The van der Waals surface area contributed by atoms with Crippen molar-refractivity contribution in [3.63, 3.8) is 0 Å². The standard InChI is InChI=1S/C31H28ClN5/c1-22-26(19-23-11-13-25(32)14-12-23)31(36-17-15-35(16-18-36)21-24-7-3-2-4-8-24)37-29-10-6-5-9-28(29)34-30(37)27(22)20-33/h2-14H,15-19,21H2,1H3. The minimum Gasteiger partial charge on any atom is -0.355 e. The van der Waals surface area contributed by atoms with Crippen molar-refractivity contribution < 1.29 is 0 Å².